The Morgan fingerprint density at radius 1 is 1.19 bits per heavy atom. The highest BCUT2D eigenvalue weighted by Gasteiger charge is 2.11. The van der Waals surface area contributed by atoms with E-state index in [4.69, 9.17) is 5.73 Å². The number of aryl methyl sites for hydroxylation is 2. The zero-order valence-electron chi connectivity index (χ0n) is 9.29. The highest BCUT2D eigenvalue weighted by molar-refractivity contribution is 5.77. The number of pyridine rings is 1. The lowest BCUT2D eigenvalue weighted by molar-refractivity contribution is 0.631. The summed E-state index contributed by atoms with van der Waals surface area (Å²) in [5.74, 6) is 0.0953. The van der Waals surface area contributed by atoms with Gasteiger partial charge >= 0.3 is 0 Å². The highest BCUT2D eigenvalue weighted by atomic mass is 19.1. The lowest BCUT2D eigenvalue weighted by atomic mass is 9.99. The van der Waals surface area contributed by atoms with Crippen LogP contribution in [0.25, 0.3) is 11.1 Å². The molecule has 3 heteroatoms. The maximum atomic E-state index is 13.7. The van der Waals surface area contributed by atoms with Gasteiger partial charge in [-0.15, -0.1) is 0 Å². The molecule has 2 rings (SSSR count). The van der Waals surface area contributed by atoms with Gasteiger partial charge in [-0.05, 0) is 37.6 Å². The second kappa shape index (κ2) is 3.93. The van der Waals surface area contributed by atoms with Crippen molar-refractivity contribution in [3.8, 4) is 11.1 Å². The molecule has 0 aliphatic carbocycles. The molecule has 0 saturated heterocycles. The van der Waals surface area contributed by atoms with Crippen LogP contribution in [0.1, 0.15) is 11.1 Å². The van der Waals surface area contributed by atoms with Crippen LogP contribution in [-0.4, -0.2) is 4.98 Å². The van der Waals surface area contributed by atoms with Gasteiger partial charge in [0.2, 0.25) is 0 Å². The Bertz CT molecular complexity index is 515. The Morgan fingerprint density at radius 3 is 2.62 bits per heavy atom. The first-order valence-corrected chi connectivity index (χ1v) is 5.07. The third-order valence-corrected chi connectivity index (χ3v) is 2.58. The van der Waals surface area contributed by atoms with Crippen LogP contribution in [0.3, 0.4) is 0 Å². The summed E-state index contributed by atoms with van der Waals surface area (Å²) in [6.45, 7) is 3.82. The molecule has 0 aliphatic heterocycles. The van der Waals surface area contributed by atoms with Gasteiger partial charge in [-0.1, -0.05) is 11.6 Å². The third-order valence-electron chi connectivity index (χ3n) is 2.58. The van der Waals surface area contributed by atoms with E-state index in [0.717, 1.165) is 11.1 Å². The van der Waals surface area contributed by atoms with Gasteiger partial charge < -0.3 is 5.73 Å². The van der Waals surface area contributed by atoms with Gasteiger partial charge in [0.1, 0.15) is 11.6 Å². The molecule has 0 saturated carbocycles. The van der Waals surface area contributed by atoms with Crippen LogP contribution in [0.2, 0.25) is 0 Å². The lowest BCUT2D eigenvalue weighted by Gasteiger charge is -2.10. The van der Waals surface area contributed by atoms with Crippen LogP contribution >= 0.6 is 0 Å². The summed E-state index contributed by atoms with van der Waals surface area (Å²) in [5, 5.41) is 0. The van der Waals surface area contributed by atoms with Gasteiger partial charge in [-0.25, -0.2) is 9.37 Å². The average molecular weight is 216 g/mol. The average Bonchev–Trinajstić information content (AvgIpc) is 2.23. The second-order valence-corrected chi connectivity index (χ2v) is 3.87. The number of nitrogens with two attached hydrogens (primary N) is 1. The fraction of sp³-hybridized carbons (Fsp3) is 0.154. The molecule has 1 heterocycles. The number of halogens is 1. The third kappa shape index (κ3) is 1.76. The van der Waals surface area contributed by atoms with Crippen molar-refractivity contribution in [2.75, 3.05) is 5.73 Å². The first kappa shape index (κ1) is 10.6. The molecule has 0 amide bonds. The molecule has 0 aliphatic rings. The smallest absolute Gasteiger partial charge is 0.131 e. The summed E-state index contributed by atoms with van der Waals surface area (Å²) < 4.78 is 13.7. The maximum absolute atomic E-state index is 13.7. The fourth-order valence-corrected chi connectivity index (χ4v) is 1.76. The van der Waals surface area contributed by atoms with Crippen LogP contribution in [0.5, 0.6) is 0 Å². The summed E-state index contributed by atoms with van der Waals surface area (Å²) in [4.78, 5) is 4.00. The van der Waals surface area contributed by atoms with Crippen LogP contribution in [0, 0.1) is 19.7 Å². The molecule has 16 heavy (non-hydrogen) atoms. The molecule has 82 valence electrons. The van der Waals surface area contributed by atoms with E-state index < -0.39 is 0 Å². The zero-order chi connectivity index (χ0) is 11.7. The molecule has 0 unspecified atom stereocenters. The summed E-state index contributed by atoms with van der Waals surface area (Å²) >= 11 is 0. The normalized spacial score (nSPS) is 10.4. The summed E-state index contributed by atoms with van der Waals surface area (Å²) in [7, 11) is 0. The molecule has 1 aromatic carbocycles. The fourth-order valence-electron chi connectivity index (χ4n) is 1.76. The van der Waals surface area contributed by atoms with E-state index in [-0.39, 0.29) is 5.82 Å². The number of hydrogen-bond donors (Lipinski definition) is 1. The van der Waals surface area contributed by atoms with Gasteiger partial charge in [0.25, 0.3) is 0 Å². The van der Waals surface area contributed by atoms with Gasteiger partial charge in [0, 0.05) is 17.3 Å². The lowest BCUT2D eigenvalue weighted by Crippen LogP contribution is -1.98. The SMILES string of the molecule is Cc1ccc(F)c(-c2c(C)ccnc2N)c1. The summed E-state index contributed by atoms with van der Waals surface area (Å²) in [5.41, 5.74) is 8.92. The number of aromatic nitrogens is 1. The predicted octanol–water partition coefficient (Wildman–Crippen LogP) is 3.09. The Hall–Kier alpha value is -1.90. The Balaban J connectivity index is 2.72. The quantitative estimate of drug-likeness (QED) is 0.795. The van der Waals surface area contributed by atoms with Gasteiger partial charge in [-0.3, -0.25) is 0 Å². The number of benzene rings is 1. The van der Waals surface area contributed by atoms with E-state index in [1.54, 1.807) is 18.3 Å². The Morgan fingerprint density at radius 2 is 1.94 bits per heavy atom. The van der Waals surface area contributed by atoms with E-state index in [0.29, 0.717) is 16.9 Å². The second-order valence-electron chi connectivity index (χ2n) is 3.87. The molecular formula is C13H13FN2. The van der Waals surface area contributed by atoms with Gasteiger partial charge in [0.05, 0.1) is 0 Å². The van der Waals surface area contributed by atoms with Crippen LogP contribution in [0.15, 0.2) is 30.5 Å². The van der Waals surface area contributed by atoms with Crippen molar-refractivity contribution in [1.82, 2.24) is 4.98 Å². The van der Waals surface area contributed by atoms with E-state index in [2.05, 4.69) is 4.98 Å². The van der Waals surface area contributed by atoms with E-state index in [9.17, 15) is 4.39 Å². The standard InChI is InChI=1S/C13H13FN2/c1-8-3-4-11(14)10(7-8)12-9(2)5-6-16-13(12)15/h3-7H,1-2H3,(H2,15,16). The molecule has 0 spiro atoms. The number of nitrogens with zero attached hydrogens (tertiary/aromatic N) is 1. The molecule has 0 fully saturated rings. The minimum atomic E-state index is -0.270. The monoisotopic (exact) mass is 216 g/mol. The summed E-state index contributed by atoms with van der Waals surface area (Å²) in [6.07, 6.45) is 1.63. The van der Waals surface area contributed by atoms with Crippen molar-refractivity contribution < 1.29 is 4.39 Å². The molecular weight excluding hydrogens is 203 g/mol. The minimum absolute atomic E-state index is 0.270. The molecule has 1 aromatic heterocycles. The van der Waals surface area contributed by atoms with Crippen molar-refractivity contribution in [2.24, 2.45) is 0 Å². The van der Waals surface area contributed by atoms with Crippen molar-refractivity contribution >= 4 is 5.82 Å². The van der Waals surface area contributed by atoms with Crippen molar-refractivity contribution in [1.29, 1.82) is 0 Å². The van der Waals surface area contributed by atoms with E-state index in [1.165, 1.54) is 6.07 Å². The highest BCUT2D eigenvalue weighted by Crippen LogP contribution is 2.30. The first-order chi connectivity index (χ1) is 7.59. The molecule has 0 radical (unpaired) electrons. The van der Waals surface area contributed by atoms with Crippen LogP contribution < -0.4 is 5.73 Å². The topological polar surface area (TPSA) is 38.9 Å². The molecule has 0 atom stereocenters. The minimum Gasteiger partial charge on any atom is -0.383 e. The Labute approximate surface area is 93.9 Å². The number of nitrogen functional groups attached to an aromatic ring is 1. The molecule has 2 N–H and O–H groups in total. The number of anilines is 1. The largest absolute Gasteiger partial charge is 0.383 e. The maximum Gasteiger partial charge on any atom is 0.131 e. The van der Waals surface area contributed by atoms with E-state index >= 15 is 0 Å². The van der Waals surface area contributed by atoms with Crippen molar-refractivity contribution in [3.63, 3.8) is 0 Å². The van der Waals surface area contributed by atoms with Crippen molar-refractivity contribution in [2.45, 2.75) is 13.8 Å². The van der Waals surface area contributed by atoms with E-state index in [1.807, 2.05) is 19.9 Å². The first-order valence-electron chi connectivity index (χ1n) is 5.07. The number of rotatable bonds is 1. The molecule has 2 nitrogen and oxygen atoms in total. The van der Waals surface area contributed by atoms with Crippen LogP contribution in [-0.2, 0) is 0 Å². The number of hydrogen-bond acceptors (Lipinski definition) is 2. The van der Waals surface area contributed by atoms with Crippen molar-refractivity contribution in [3.05, 3.63) is 47.4 Å². The zero-order valence-corrected chi connectivity index (χ0v) is 9.29. The molecule has 0 bridgehead atoms. The molecule has 2 aromatic rings. The van der Waals surface area contributed by atoms with Gasteiger partial charge in [0.15, 0.2) is 0 Å². The van der Waals surface area contributed by atoms with Gasteiger partial charge in [-0.2, -0.15) is 0 Å². The Kier molecular flexibility index (Phi) is 2.60. The predicted molar refractivity (Wildman–Crippen MR) is 63.5 cm³/mol. The van der Waals surface area contributed by atoms with Crippen LogP contribution in [0.4, 0.5) is 10.2 Å². The summed E-state index contributed by atoms with van der Waals surface area (Å²) in [6, 6.07) is 6.81.